The highest BCUT2D eigenvalue weighted by Gasteiger charge is 2.32. The van der Waals surface area contributed by atoms with E-state index in [2.05, 4.69) is 4.98 Å². The zero-order valence-electron chi connectivity index (χ0n) is 10.6. The van der Waals surface area contributed by atoms with Crippen LogP contribution in [0.4, 0.5) is 13.2 Å². The Morgan fingerprint density at radius 3 is 2.67 bits per heavy atom. The maximum atomic E-state index is 12.6. The molecule has 0 aliphatic carbocycles. The molecule has 0 saturated carbocycles. The summed E-state index contributed by atoms with van der Waals surface area (Å²) in [5, 5.41) is 0.0326. The molecule has 2 aromatic rings. The second-order valence-corrected chi connectivity index (χ2v) is 4.66. The van der Waals surface area contributed by atoms with Crippen molar-refractivity contribution < 1.29 is 22.7 Å². The van der Waals surface area contributed by atoms with Crippen LogP contribution in [0.3, 0.4) is 0 Å². The normalized spacial score (nSPS) is 19.0. The Bertz CT molecular complexity index is 782. The predicted molar refractivity (Wildman–Crippen MR) is 65.6 cm³/mol. The summed E-state index contributed by atoms with van der Waals surface area (Å²) in [6.45, 7) is 0.209. The van der Waals surface area contributed by atoms with Crippen molar-refractivity contribution in [3.8, 4) is 0 Å². The molecule has 0 N–H and O–H groups in total. The van der Waals surface area contributed by atoms with Crippen molar-refractivity contribution in [3.05, 3.63) is 40.4 Å². The van der Waals surface area contributed by atoms with Crippen LogP contribution in [0.25, 0.3) is 10.9 Å². The number of carbonyl (C=O) groups is 1. The Kier molecular flexibility index (Phi) is 2.96. The molecule has 110 valence electrons. The summed E-state index contributed by atoms with van der Waals surface area (Å²) < 4.78 is 43.7. The van der Waals surface area contributed by atoms with Gasteiger partial charge in [-0.25, -0.2) is 9.78 Å². The van der Waals surface area contributed by atoms with Crippen LogP contribution in [-0.4, -0.2) is 22.1 Å². The summed E-state index contributed by atoms with van der Waals surface area (Å²) in [7, 11) is 0. The lowest BCUT2D eigenvalue weighted by Crippen LogP contribution is -2.27. The number of hydrogen-bond donors (Lipinski definition) is 0. The van der Waals surface area contributed by atoms with Crippen LogP contribution in [0.5, 0.6) is 0 Å². The molecule has 2 heterocycles. The Morgan fingerprint density at radius 1 is 1.29 bits per heavy atom. The monoisotopic (exact) mass is 298 g/mol. The highest BCUT2D eigenvalue weighted by Crippen LogP contribution is 2.30. The Balaban J connectivity index is 2.14. The topological polar surface area (TPSA) is 61.2 Å². The molecule has 0 radical (unpaired) electrons. The molecule has 1 atom stereocenters. The van der Waals surface area contributed by atoms with Crippen molar-refractivity contribution in [1.82, 2.24) is 9.55 Å². The fourth-order valence-corrected chi connectivity index (χ4v) is 2.27. The smallest absolute Gasteiger partial charge is 0.416 e. The first-order chi connectivity index (χ1) is 9.88. The molecular weight excluding hydrogens is 289 g/mol. The highest BCUT2D eigenvalue weighted by atomic mass is 19.4. The third-order valence-corrected chi connectivity index (χ3v) is 3.35. The second-order valence-electron chi connectivity index (χ2n) is 4.66. The van der Waals surface area contributed by atoms with Gasteiger partial charge in [0, 0.05) is 6.42 Å². The molecule has 1 aliphatic rings. The van der Waals surface area contributed by atoms with Crippen molar-refractivity contribution in [2.45, 2.75) is 18.6 Å². The number of alkyl halides is 3. The minimum Gasteiger partial charge on any atom is -0.464 e. The van der Waals surface area contributed by atoms with Gasteiger partial charge in [0.1, 0.15) is 6.04 Å². The Labute approximate surface area is 116 Å². The number of halogens is 3. The van der Waals surface area contributed by atoms with Crippen molar-refractivity contribution in [2.75, 3.05) is 6.61 Å². The summed E-state index contributed by atoms with van der Waals surface area (Å²) in [4.78, 5) is 27.6. The number of fused-ring (bicyclic) bond motifs is 1. The van der Waals surface area contributed by atoms with E-state index < -0.39 is 29.3 Å². The molecule has 8 heteroatoms. The number of benzene rings is 1. The van der Waals surface area contributed by atoms with E-state index >= 15 is 0 Å². The molecule has 1 fully saturated rings. The standard InChI is InChI=1S/C13H9F3N2O3/c14-13(15,16)7-1-2-8-9(5-7)17-6-18(11(8)19)10-3-4-21-12(10)20/h1-2,5-6,10H,3-4H2. The van der Waals surface area contributed by atoms with E-state index in [4.69, 9.17) is 4.74 Å². The van der Waals surface area contributed by atoms with E-state index in [9.17, 15) is 22.8 Å². The highest BCUT2D eigenvalue weighted by molar-refractivity contribution is 5.80. The van der Waals surface area contributed by atoms with E-state index in [1.807, 2.05) is 0 Å². The predicted octanol–water partition coefficient (Wildman–Crippen LogP) is 1.90. The van der Waals surface area contributed by atoms with Gasteiger partial charge in [-0.3, -0.25) is 9.36 Å². The van der Waals surface area contributed by atoms with Crippen LogP contribution >= 0.6 is 0 Å². The van der Waals surface area contributed by atoms with Crippen molar-refractivity contribution >= 4 is 16.9 Å². The maximum absolute atomic E-state index is 12.6. The van der Waals surface area contributed by atoms with E-state index in [0.29, 0.717) is 6.42 Å². The van der Waals surface area contributed by atoms with E-state index in [-0.39, 0.29) is 17.5 Å². The van der Waals surface area contributed by atoms with Crippen LogP contribution in [-0.2, 0) is 15.7 Å². The lowest BCUT2D eigenvalue weighted by molar-refractivity contribution is -0.140. The number of ether oxygens (including phenoxy) is 1. The first-order valence-electron chi connectivity index (χ1n) is 6.12. The van der Waals surface area contributed by atoms with Gasteiger partial charge in [-0.2, -0.15) is 13.2 Å². The van der Waals surface area contributed by atoms with Crippen LogP contribution in [0, 0.1) is 0 Å². The Hall–Kier alpha value is -2.38. The molecule has 21 heavy (non-hydrogen) atoms. The van der Waals surface area contributed by atoms with Gasteiger partial charge in [0.2, 0.25) is 0 Å². The summed E-state index contributed by atoms with van der Waals surface area (Å²) in [5.74, 6) is -0.537. The SMILES string of the molecule is O=C1OCCC1n1cnc2cc(C(F)(F)F)ccc2c1=O. The first kappa shape index (κ1) is 13.6. The van der Waals surface area contributed by atoms with Gasteiger partial charge in [0.25, 0.3) is 5.56 Å². The molecule has 1 saturated heterocycles. The summed E-state index contributed by atoms with van der Waals surface area (Å²) in [5.41, 5.74) is -1.49. The third kappa shape index (κ3) is 2.26. The van der Waals surface area contributed by atoms with Gasteiger partial charge in [-0.05, 0) is 18.2 Å². The molecule has 1 aromatic heterocycles. The lowest BCUT2D eigenvalue weighted by atomic mass is 10.1. The number of rotatable bonds is 1. The zero-order chi connectivity index (χ0) is 15.2. The molecule has 5 nitrogen and oxygen atoms in total. The number of cyclic esters (lactones) is 1. The van der Waals surface area contributed by atoms with E-state index in [0.717, 1.165) is 29.1 Å². The quantitative estimate of drug-likeness (QED) is 0.754. The average Bonchev–Trinajstić information content (AvgIpc) is 2.84. The second kappa shape index (κ2) is 4.57. The van der Waals surface area contributed by atoms with Crippen LogP contribution in [0.1, 0.15) is 18.0 Å². The van der Waals surface area contributed by atoms with Gasteiger partial charge in [-0.15, -0.1) is 0 Å². The Morgan fingerprint density at radius 2 is 2.05 bits per heavy atom. The molecule has 0 bridgehead atoms. The fraction of sp³-hybridized carbons (Fsp3) is 0.308. The van der Waals surface area contributed by atoms with Crippen LogP contribution < -0.4 is 5.56 Å². The summed E-state index contributed by atoms with van der Waals surface area (Å²) in [6, 6.07) is 1.94. The van der Waals surface area contributed by atoms with Gasteiger partial charge in [0.05, 0.1) is 29.4 Å². The van der Waals surface area contributed by atoms with Gasteiger partial charge in [0.15, 0.2) is 0 Å². The molecule has 0 spiro atoms. The van der Waals surface area contributed by atoms with Crippen LogP contribution in [0.2, 0.25) is 0 Å². The summed E-state index contributed by atoms with van der Waals surface area (Å²) in [6.07, 6.45) is -3.07. The molecule has 1 aliphatic heterocycles. The fourth-order valence-electron chi connectivity index (χ4n) is 2.27. The van der Waals surface area contributed by atoms with Gasteiger partial charge < -0.3 is 4.74 Å². The van der Waals surface area contributed by atoms with Crippen molar-refractivity contribution in [2.24, 2.45) is 0 Å². The average molecular weight is 298 g/mol. The molecule has 1 aromatic carbocycles. The number of carbonyl (C=O) groups excluding carboxylic acids is 1. The minimum absolute atomic E-state index is 0.0326. The number of aromatic nitrogens is 2. The molecule has 1 unspecified atom stereocenters. The van der Waals surface area contributed by atoms with E-state index in [1.54, 1.807) is 0 Å². The van der Waals surface area contributed by atoms with Gasteiger partial charge >= 0.3 is 12.1 Å². The maximum Gasteiger partial charge on any atom is 0.416 e. The molecular formula is C13H9F3N2O3. The van der Waals surface area contributed by atoms with E-state index in [1.165, 1.54) is 0 Å². The molecule has 0 amide bonds. The number of hydrogen-bond acceptors (Lipinski definition) is 4. The summed E-state index contributed by atoms with van der Waals surface area (Å²) >= 11 is 0. The van der Waals surface area contributed by atoms with Crippen molar-refractivity contribution in [3.63, 3.8) is 0 Å². The minimum atomic E-state index is -4.50. The lowest BCUT2D eigenvalue weighted by Gasteiger charge is -2.11. The molecule has 3 rings (SSSR count). The third-order valence-electron chi connectivity index (χ3n) is 3.35. The largest absolute Gasteiger partial charge is 0.464 e. The van der Waals surface area contributed by atoms with Crippen molar-refractivity contribution in [1.29, 1.82) is 0 Å². The number of esters is 1. The van der Waals surface area contributed by atoms with Crippen LogP contribution in [0.15, 0.2) is 29.3 Å². The first-order valence-corrected chi connectivity index (χ1v) is 6.12. The van der Waals surface area contributed by atoms with Gasteiger partial charge in [-0.1, -0.05) is 0 Å². The zero-order valence-corrected chi connectivity index (χ0v) is 10.6. The number of nitrogens with zero attached hydrogens (tertiary/aromatic N) is 2.